The number of hydrogen-bond acceptors (Lipinski definition) is 3. The summed E-state index contributed by atoms with van der Waals surface area (Å²) in [5.74, 6) is 0. The van der Waals surface area contributed by atoms with Crippen LogP contribution in [-0.2, 0) is 16.2 Å². The number of sulfonamides is 1. The molecule has 0 aromatic heterocycles. The zero-order chi connectivity index (χ0) is 18.3. The van der Waals surface area contributed by atoms with Gasteiger partial charge in [0.15, 0.2) is 0 Å². The maximum Gasteiger partial charge on any atom is 0.416 e. The lowest BCUT2D eigenvalue weighted by Gasteiger charge is -2.17. The van der Waals surface area contributed by atoms with Crippen molar-refractivity contribution in [2.45, 2.75) is 36.5 Å². The molecular weight excluding hydrogens is 373 g/mol. The van der Waals surface area contributed by atoms with Crippen molar-refractivity contribution in [3.63, 3.8) is 0 Å². The minimum atomic E-state index is -4.71. The zero-order valence-electron chi connectivity index (χ0n) is 12.3. The average Bonchev–Trinajstić information content (AvgIpc) is 2.77. The number of hydrogen-bond donors (Lipinski definition) is 2. The molecule has 1 aromatic rings. The Morgan fingerprint density at radius 1 is 1.42 bits per heavy atom. The molecule has 1 amide bonds. The predicted octanol–water partition coefficient (Wildman–Crippen LogP) is 2.78. The van der Waals surface area contributed by atoms with Crippen LogP contribution < -0.4 is 4.72 Å². The number of nitrogens with zero attached hydrogens (tertiary/aromatic N) is 1. The second kappa shape index (κ2) is 6.41. The first-order chi connectivity index (χ1) is 10.9. The van der Waals surface area contributed by atoms with E-state index in [1.54, 1.807) is 6.92 Å². The maximum absolute atomic E-state index is 12.8. The normalized spacial score (nSPS) is 22.0. The average molecular weight is 387 g/mol. The van der Waals surface area contributed by atoms with Gasteiger partial charge in [-0.1, -0.05) is 11.6 Å². The summed E-state index contributed by atoms with van der Waals surface area (Å²) in [5, 5.41) is 8.64. The van der Waals surface area contributed by atoms with Crippen molar-refractivity contribution in [2.75, 3.05) is 6.54 Å². The molecule has 0 bridgehead atoms. The molecule has 11 heteroatoms. The van der Waals surface area contributed by atoms with Crippen LogP contribution in [0.5, 0.6) is 0 Å². The SMILES string of the molecule is C[C@H]1C[C@@H](NS(=O)(=O)c2cc(C(F)(F)F)ccc2Cl)CN1C(=O)O. The Balaban J connectivity index is 2.27. The van der Waals surface area contributed by atoms with E-state index in [2.05, 4.69) is 4.72 Å². The molecule has 2 rings (SSSR count). The summed E-state index contributed by atoms with van der Waals surface area (Å²) in [4.78, 5) is 11.4. The Morgan fingerprint density at radius 2 is 2.04 bits per heavy atom. The van der Waals surface area contributed by atoms with Gasteiger partial charge >= 0.3 is 12.3 Å². The quantitative estimate of drug-likeness (QED) is 0.836. The monoisotopic (exact) mass is 386 g/mol. The van der Waals surface area contributed by atoms with E-state index >= 15 is 0 Å². The van der Waals surface area contributed by atoms with E-state index < -0.39 is 44.8 Å². The number of benzene rings is 1. The van der Waals surface area contributed by atoms with E-state index in [9.17, 15) is 26.4 Å². The number of likely N-dealkylation sites (tertiary alicyclic amines) is 1. The van der Waals surface area contributed by atoms with E-state index in [1.165, 1.54) is 0 Å². The lowest BCUT2D eigenvalue weighted by Crippen LogP contribution is -2.38. The minimum absolute atomic E-state index is 0.0910. The Kier molecular flexibility index (Phi) is 5.03. The molecule has 1 heterocycles. The minimum Gasteiger partial charge on any atom is -0.465 e. The number of rotatable bonds is 3. The molecule has 1 aliphatic heterocycles. The summed E-state index contributed by atoms with van der Waals surface area (Å²) >= 11 is 5.73. The summed E-state index contributed by atoms with van der Waals surface area (Å²) in [6.45, 7) is 1.52. The van der Waals surface area contributed by atoms with Crippen LogP contribution in [-0.4, -0.2) is 43.1 Å². The van der Waals surface area contributed by atoms with Gasteiger partial charge in [0.25, 0.3) is 0 Å². The van der Waals surface area contributed by atoms with Gasteiger partial charge in [0.05, 0.1) is 10.6 Å². The number of halogens is 4. The molecule has 0 saturated carbocycles. The molecule has 0 aliphatic carbocycles. The highest BCUT2D eigenvalue weighted by Gasteiger charge is 2.36. The van der Waals surface area contributed by atoms with Gasteiger partial charge in [0.2, 0.25) is 10.0 Å². The molecule has 1 saturated heterocycles. The molecule has 134 valence electrons. The smallest absolute Gasteiger partial charge is 0.416 e. The van der Waals surface area contributed by atoms with Crippen LogP contribution in [0.15, 0.2) is 23.1 Å². The van der Waals surface area contributed by atoms with Crippen LogP contribution in [0.3, 0.4) is 0 Å². The number of carbonyl (C=O) groups is 1. The molecule has 0 spiro atoms. The van der Waals surface area contributed by atoms with E-state index in [-0.39, 0.29) is 18.0 Å². The first-order valence-corrected chi connectivity index (χ1v) is 8.66. The van der Waals surface area contributed by atoms with Gasteiger partial charge in [-0.15, -0.1) is 0 Å². The van der Waals surface area contributed by atoms with Crippen LogP contribution in [0, 0.1) is 0 Å². The highest BCUT2D eigenvalue weighted by Crippen LogP contribution is 2.33. The Morgan fingerprint density at radius 3 is 2.54 bits per heavy atom. The van der Waals surface area contributed by atoms with Crippen LogP contribution in [0.2, 0.25) is 5.02 Å². The Hall–Kier alpha value is -1.52. The predicted molar refractivity (Wildman–Crippen MR) is 79.4 cm³/mol. The standard InChI is InChI=1S/C13H14ClF3N2O4S/c1-7-4-9(6-19(7)12(20)21)18-24(22,23)11-5-8(13(15,16)17)2-3-10(11)14/h2-3,5,7,9,18H,4,6H2,1H3,(H,20,21)/t7-,9+/m0/s1. The third kappa shape index (κ3) is 3.93. The van der Waals surface area contributed by atoms with Crippen molar-refractivity contribution >= 4 is 27.7 Å². The van der Waals surface area contributed by atoms with Crippen LogP contribution in [0.4, 0.5) is 18.0 Å². The molecular formula is C13H14ClF3N2O4S. The van der Waals surface area contributed by atoms with E-state index in [0.717, 1.165) is 11.0 Å². The molecule has 6 nitrogen and oxygen atoms in total. The summed E-state index contributed by atoms with van der Waals surface area (Å²) in [6.07, 6.45) is -5.69. The summed E-state index contributed by atoms with van der Waals surface area (Å²) in [5.41, 5.74) is -1.14. The zero-order valence-corrected chi connectivity index (χ0v) is 13.9. The number of amides is 1. The highest BCUT2D eigenvalue weighted by atomic mass is 35.5. The topological polar surface area (TPSA) is 86.7 Å². The molecule has 1 aliphatic rings. The van der Waals surface area contributed by atoms with Gasteiger partial charge in [-0.25, -0.2) is 17.9 Å². The molecule has 0 radical (unpaired) electrons. The van der Waals surface area contributed by atoms with Gasteiger partial charge in [0, 0.05) is 18.6 Å². The first-order valence-electron chi connectivity index (χ1n) is 6.80. The third-order valence-electron chi connectivity index (χ3n) is 3.69. The van der Waals surface area contributed by atoms with Crippen molar-refractivity contribution in [1.29, 1.82) is 0 Å². The molecule has 1 fully saturated rings. The second-order valence-corrected chi connectivity index (χ2v) is 7.57. The lowest BCUT2D eigenvalue weighted by atomic mass is 10.2. The van der Waals surface area contributed by atoms with Crippen LogP contribution in [0.25, 0.3) is 0 Å². The maximum atomic E-state index is 12.8. The summed E-state index contributed by atoms with van der Waals surface area (Å²) in [6, 6.07) is 0.849. The Bertz CT molecular complexity index is 754. The van der Waals surface area contributed by atoms with E-state index in [1.807, 2.05) is 0 Å². The Labute approximate surface area is 141 Å². The summed E-state index contributed by atoms with van der Waals surface area (Å²) in [7, 11) is -4.33. The van der Waals surface area contributed by atoms with Crippen molar-refractivity contribution in [3.05, 3.63) is 28.8 Å². The first kappa shape index (κ1) is 18.8. The number of nitrogens with one attached hydrogen (secondary N) is 1. The molecule has 24 heavy (non-hydrogen) atoms. The summed E-state index contributed by atoms with van der Waals surface area (Å²) < 4.78 is 65.2. The highest BCUT2D eigenvalue weighted by molar-refractivity contribution is 7.89. The fraction of sp³-hybridized carbons (Fsp3) is 0.462. The van der Waals surface area contributed by atoms with Crippen molar-refractivity contribution < 1.29 is 31.5 Å². The third-order valence-corrected chi connectivity index (χ3v) is 5.69. The van der Waals surface area contributed by atoms with Gasteiger partial charge < -0.3 is 10.0 Å². The van der Waals surface area contributed by atoms with Crippen LogP contribution >= 0.6 is 11.6 Å². The molecule has 1 aromatic carbocycles. The van der Waals surface area contributed by atoms with E-state index in [0.29, 0.717) is 12.1 Å². The fourth-order valence-corrected chi connectivity index (χ4v) is 4.32. The molecule has 2 N–H and O–H groups in total. The largest absolute Gasteiger partial charge is 0.465 e. The van der Waals surface area contributed by atoms with Crippen molar-refractivity contribution in [3.8, 4) is 0 Å². The molecule has 2 atom stereocenters. The number of alkyl halides is 3. The number of carboxylic acid groups (broad SMARTS) is 1. The lowest BCUT2D eigenvalue weighted by molar-refractivity contribution is -0.137. The van der Waals surface area contributed by atoms with Crippen LogP contribution in [0.1, 0.15) is 18.9 Å². The second-order valence-electron chi connectivity index (χ2n) is 5.48. The van der Waals surface area contributed by atoms with Gasteiger partial charge in [-0.2, -0.15) is 13.2 Å². The van der Waals surface area contributed by atoms with Gasteiger partial charge in [0.1, 0.15) is 4.90 Å². The van der Waals surface area contributed by atoms with Crippen molar-refractivity contribution in [1.82, 2.24) is 9.62 Å². The fourth-order valence-electron chi connectivity index (χ4n) is 2.55. The molecule has 0 unspecified atom stereocenters. The van der Waals surface area contributed by atoms with Gasteiger partial charge in [-0.3, -0.25) is 0 Å². The van der Waals surface area contributed by atoms with E-state index in [4.69, 9.17) is 16.7 Å². The van der Waals surface area contributed by atoms with Gasteiger partial charge in [-0.05, 0) is 31.5 Å². The van der Waals surface area contributed by atoms with Crippen molar-refractivity contribution in [2.24, 2.45) is 0 Å².